The van der Waals surface area contributed by atoms with E-state index in [1.165, 1.54) is 36.0 Å². The second-order valence-corrected chi connectivity index (χ2v) is 7.76. The number of ether oxygens (including phenoxy) is 2. The van der Waals surface area contributed by atoms with Gasteiger partial charge in [0.05, 0.1) is 6.61 Å². The third-order valence-corrected chi connectivity index (χ3v) is 5.30. The van der Waals surface area contributed by atoms with Gasteiger partial charge in [0.2, 0.25) is 0 Å². The highest BCUT2D eigenvalue weighted by molar-refractivity contribution is 7.98. The lowest BCUT2D eigenvalue weighted by molar-refractivity contribution is -0.274. The topological polar surface area (TPSA) is 79.1 Å². The van der Waals surface area contributed by atoms with E-state index in [0.717, 1.165) is 12.8 Å². The SMILES string of the molecule is CCOC(=O)c1c(-c2cnc(SC)nc2)nc(-c2ccc(OC(F)(F)F)cc2)n1C1CC1. The monoisotopic (exact) mass is 464 g/mol. The molecule has 0 bridgehead atoms. The smallest absolute Gasteiger partial charge is 0.461 e. The van der Waals surface area contributed by atoms with Gasteiger partial charge >= 0.3 is 12.3 Å². The quantitative estimate of drug-likeness (QED) is 0.272. The number of halogens is 3. The summed E-state index contributed by atoms with van der Waals surface area (Å²) in [7, 11) is 0. The zero-order valence-corrected chi connectivity index (χ0v) is 18.0. The third kappa shape index (κ3) is 4.72. The summed E-state index contributed by atoms with van der Waals surface area (Å²) < 4.78 is 48.5. The summed E-state index contributed by atoms with van der Waals surface area (Å²) in [5.41, 5.74) is 1.74. The standard InChI is InChI=1S/C21H19F3N4O3S/c1-3-30-19(29)17-16(13-10-25-20(32-2)26-11-13)27-18(28(17)14-6-7-14)12-4-8-15(9-5-12)31-21(22,23)24/h4-5,8-11,14H,3,6-7H2,1-2H3. The van der Waals surface area contributed by atoms with E-state index in [1.54, 1.807) is 23.9 Å². The van der Waals surface area contributed by atoms with Crippen molar-refractivity contribution in [3.8, 4) is 28.4 Å². The molecule has 4 rings (SSSR count). The van der Waals surface area contributed by atoms with E-state index < -0.39 is 12.3 Å². The summed E-state index contributed by atoms with van der Waals surface area (Å²) in [5, 5.41) is 0.577. The van der Waals surface area contributed by atoms with Gasteiger partial charge in [0, 0.05) is 29.6 Å². The van der Waals surface area contributed by atoms with Gasteiger partial charge in [0.15, 0.2) is 10.9 Å². The van der Waals surface area contributed by atoms with E-state index in [1.807, 2.05) is 6.26 Å². The Morgan fingerprint density at radius 1 is 1.16 bits per heavy atom. The van der Waals surface area contributed by atoms with Crippen LogP contribution in [0.15, 0.2) is 41.8 Å². The molecule has 2 aromatic heterocycles. The molecule has 0 N–H and O–H groups in total. The van der Waals surface area contributed by atoms with Crippen molar-refractivity contribution < 1.29 is 27.4 Å². The molecule has 168 valence electrons. The lowest BCUT2D eigenvalue weighted by atomic mass is 10.2. The number of carbonyl (C=O) groups excluding carboxylic acids is 1. The van der Waals surface area contributed by atoms with E-state index in [2.05, 4.69) is 19.7 Å². The molecule has 1 fully saturated rings. The number of alkyl halides is 3. The highest BCUT2D eigenvalue weighted by atomic mass is 32.2. The summed E-state index contributed by atoms with van der Waals surface area (Å²) in [4.78, 5) is 26.1. The van der Waals surface area contributed by atoms with E-state index >= 15 is 0 Å². The zero-order chi connectivity index (χ0) is 22.9. The lowest BCUT2D eigenvalue weighted by Gasteiger charge is -2.12. The highest BCUT2D eigenvalue weighted by Crippen LogP contribution is 2.42. The van der Waals surface area contributed by atoms with Crippen molar-refractivity contribution in [3.05, 3.63) is 42.4 Å². The Labute approximate surface area is 186 Å². The molecule has 7 nitrogen and oxygen atoms in total. The van der Waals surface area contributed by atoms with Gasteiger partial charge in [-0.25, -0.2) is 19.7 Å². The summed E-state index contributed by atoms with van der Waals surface area (Å²) in [6.07, 6.45) is 1.96. The summed E-state index contributed by atoms with van der Waals surface area (Å²) >= 11 is 1.39. The number of hydrogen-bond acceptors (Lipinski definition) is 7. The van der Waals surface area contributed by atoms with Gasteiger partial charge in [0.1, 0.15) is 17.3 Å². The first-order chi connectivity index (χ1) is 15.3. The molecule has 1 aromatic carbocycles. The molecule has 1 aliphatic carbocycles. The number of hydrogen-bond donors (Lipinski definition) is 0. The van der Waals surface area contributed by atoms with Crippen LogP contribution < -0.4 is 4.74 Å². The maximum Gasteiger partial charge on any atom is 0.573 e. The van der Waals surface area contributed by atoms with Crippen molar-refractivity contribution in [1.82, 2.24) is 19.5 Å². The molecule has 1 aliphatic rings. The van der Waals surface area contributed by atoms with Gasteiger partial charge in [-0.15, -0.1) is 13.2 Å². The molecule has 32 heavy (non-hydrogen) atoms. The van der Waals surface area contributed by atoms with E-state index in [4.69, 9.17) is 4.74 Å². The number of rotatable bonds is 7. The van der Waals surface area contributed by atoms with E-state index in [-0.39, 0.29) is 24.1 Å². The fourth-order valence-electron chi connectivity index (χ4n) is 3.27. The Morgan fingerprint density at radius 2 is 1.81 bits per heavy atom. The van der Waals surface area contributed by atoms with Gasteiger partial charge in [-0.2, -0.15) is 0 Å². The maximum absolute atomic E-state index is 12.9. The molecule has 0 unspecified atom stereocenters. The van der Waals surface area contributed by atoms with Crippen LogP contribution >= 0.6 is 11.8 Å². The predicted molar refractivity (Wildman–Crippen MR) is 111 cm³/mol. The summed E-state index contributed by atoms with van der Waals surface area (Å²) in [5.74, 6) is -0.408. The number of thioether (sulfide) groups is 1. The van der Waals surface area contributed by atoms with E-state index in [0.29, 0.717) is 27.8 Å². The van der Waals surface area contributed by atoms with Crippen molar-refractivity contribution in [2.24, 2.45) is 0 Å². The van der Waals surface area contributed by atoms with Crippen molar-refractivity contribution >= 4 is 17.7 Å². The molecular formula is C21H19F3N4O3S. The molecule has 0 spiro atoms. The first-order valence-electron chi connectivity index (χ1n) is 9.82. The van der Waals surface area contributed by atoms with Crippen LogP contribution in [0.1, 0.15) is 36.3 Å². The van der Waals surface area contributed by atoms with Crippen LogP contribution in [0.3, 0.4) is 0 Å². The largest absolute Gasteiger partial charge is 0.573 e. The van der Waals surface area contributed by atoms with Crippen LogP contribution in [-0.4, -0.2) is 44.7 Å². The van der Waals surface area contributed by atoms with Gasteiger partial charge in [0.25, 0.3) is 0 Å². The predicted octanol–water partition coefficient (Wildman–Crippen LogP) is 5.14. The summed E-state index contributed by atoms with van der Waals surface area (Å²) in [6, 6.07) is 5.44. The van der Waals surface area contributed by atoms with Crippen LogP contribution in [0.25, 0.3) is 22.6 Å². The van der Waals surface area contributed by atoms with Crippen molar-refractivity contribution in [2.75, 3.05) is 12.9 Å². The zero-order valence-electron chi connectivity index (χ0n) is 17.2. The number of esters is 1. The molecule has 0 amide bonds. The highest BCUT2D eigenvalue weighted by Gasteiger charge is 2.35. The first kappa shape index (κ1) is 22.1. The fraction of sp³-hybridized carbons (Fsp3) is 0.333. The van der Waals surface area contributed by atoms with Gasteiger partial charge < -0.3 is 14.0 Å². The molecule has 2 heterocycles. The maximum atomic E-state index is 12.9. The third-order valence-electron chi connectivity index (χ3n) is 4.72. The minimum Gasteiger partial charge on any atom is -0.461 e. The Bertz CT molecular complexity index is 1110. The van der Waals surface area contributed by atoms with Crippen LogP contribution in [-0.2, 0) is 4.74 Å². The molecular weight excluding hydrogens is 445 g/mol. The molecule has 3 aromatic rings. The lowest BCUT2D eigenvalue weighted by Crippen LogP contribution is -2.17. The number of imidazole rings is 1. The van der Waals surface area contributed by atoms with Crippen LogP contribution in [0.4, 0.5) is 13.2 Å². The Balaban J connectivity index is 1.82. The second-order valence-electron chi connectivity index (χ2n) is 6.98. The number of aromatic nitrogens is 4. The second kappa shape index (κ2) is 8.81. The average molecular weight is 464 g/mol. The Kier molecular flexibility index (Phi) is 6.09. The molecule has 0 atom stereocenters. The van der Waals surface area contributed by atoms with Crippen LogP contribution in [0.5, 0.6) is 5.75 Å². The fourth-order valence-corrected chi connectivity index (χ4v) is 3.59. The molecule has 0 saturated heterocycles. The molecule has 0 radical (unpaired) electrons. The summed E-state index contributed by atoms with van der Waals surface area (Å²) in [6.45, 7) is 1.90. The minimum atomic E-state index is -4.78. The molecule has 11 heteroatoms. The number of benzene rings is 1. The first-order valence-corrected chi connectivity index (χ1v) is 11.0. The van der Waals surface area contributed by atoms with Gasteiger partial charge in [-0.3, -0.25) is 0 Å². The Morgan fingerprint density at radius 3 is 2.34 bits per heavy atom. The number of carbonyl (C=O) groups is 1. The van der Waals surface area contributed by atoms with Gasteiger partial charge in [-0.05, 0) is 50.3 Å². The normalized spacial score (nSPS) is 13.8. The Hall–Kier alpha value is -3.08. The van der Waals surface area contributed by atoms with Crippen molar-refractivity contribution in [3.63, 3.8) is 0 Å². The average Bonchev–Trinajstić information content (AvgIpc) is 3.52. The van der Waals surface area contributed by atoms with Crippen molar-refractivity contribution in [1.29, 1.82) is 0 Å². The molecule has 1 saturated carbocycles. The van der Waals surface area contributed by atoms with Crippen molar-refractivity contribution in [2.45, 2.75) is 37.3 Å². The van der Waals surface area contributed by atoms with Crippen LogP contribution in [0, 0.1) is 0 Å². The number of nitrogens with zero attached hydrogens (tertiary/aromatic N) is 4. The van der Waals surface area contributed by atoms with Gasteiger partial charge in [-0.1, -0.05) is 11.8 Å². The van der Waals surface area contributed by atoms with E-state index in [9.17, 15) is 18.0 Å². The molecule has 0 aliphatic heterocycles. The van der Waals surface area contributed by atoms with Crippen LogP contribution in [0.2, 0.25) is 0 Å². The minimum absolute atomic E-state index is 0.0446.